The van der Waals surface area contributed by atoms with E-state index in [-0.39, 0.29) is 17.9 Å². The molecule has 1 aromatic rings. The lowest BCUT2D eigenvalue weighted by molar-refractivity contribution is -0.121. The zero-order valence-electron chi connectivity index (χ0n) is 12.6. The Balaban J connectivity index is 1.97. The average Bonchev–Trinajstić information content (AvgIpc) is 2.85. The number of carbonyl (C=O) groups excluding carboxylic acids is 2. The molecule has 0 bridgehead atoms. The summed E-state index contributed by atoms with van der Waals surface area (Å²) in [7, 11) is 1.60. The number of methoxy groups -OCH3 is 1. The van der Waals surface area contributed by atoms with Crippen molar-refractivity contribution < 1.29 is 14.3 Å². The number of rotatable bonds is 6. The molecule has 0 unspecified atom stereocenters. The summed E-state index contributed by atoms with van der Waals surface area (Å²) in [5.74, 6) is 0.780. The highest BCUT2D eigenvalue weighted by atomic mass is 16.5. The van der Waals surface area contributed by atoms with Crippen LogP contribution < -0.4 is 15.0 Å². The molecule has 1 fully saturated rings. The van der Waals surface area contributed by atoms with Crippen molar-refractivity contribution in [2.24, 2.45) is 0 Å². The minimum atomic E-state index is -0.104. The predicted molar refractivity (Wildman–Crippen MR) is 81.4 cm³/mol. The van der Waals surface area contributed by atoms with Crippen LogP contribution in [0.25, 0.3) is 0 Å². The van der Waals surface area contributed by atoms with E-state index in [1.807, 2.05) is 24.3 Å². The van der Waals surface area contributed by atoms with Gasteiger partial charge in [0.15, 0.2) is 0 Å². The molecule has 1 aliphatic rings. The Labute approximate surface area is 125 Å². The highest BCUT2D eigenvalue weighted by molar-refractivity contribution is 5.97. The van der Waals surface area contributed by atoms with Gasteiger partial charge in [-0.15, -0.1) is 0 Å². The Bertz CT molecular complexity index is 516. The van der Waals surface area contributed by atoms with Gasteiger partial charge < -0.3 is 15.0 Å². The van der Waals surface area contributed by atoms with Crippen LogP contribution in [0.3, 0.4) is 0 Å². The second-order valence-electron chi connectivity index (χ2n) is 5.28. The molecular weight excluding hydrogens is 268 g/mol. The van der Waals surface area contributed by atoms with Crippen molar-refractivity contribution >= 4 is 17.5 Å². The van der Waals surface area contributed by atoms with Gasteiger partial charge in [0.1, 0.15) is 5.75 Å². The molecule has 2 rings (SSSR count). The summed E-state index contributed by atoms with van der Waals surface area (Å²) in [5, 5.41) is 2.94. The minimum Gasteiger partial charge on any atom is -0.497 e. The lowest BCUT2D eigenvalue weighted by Gasteiger charge is -2.18. The first-order chi connectivity index (χ1) is 10.1. The van der Waals surface area contributed by atoms with E-state index in [1.165, 1.54) is 0 Å². The SMILES string of the molecule is CCCCC(=O)N[C@H]1CC(=O)N(c2cccc(OC)c2)C1. The maximum absolute atomic E-state index is 12.1. The number of benzene rings is 1. The summed E-state index contributed by atoms with van der Waals surface area (Å²) in [4.78, 5) is 25.6. The van der Waals surface area contributed by atoms with Gasteiger partial charge in [0.05, 0.1) is 13.2 Å². The smallest absolute Gasteiger partial charge is 0.229 e. The van der Waals surface area contributed by atoms with E-state index < -0.39 is 0 Å². The Kier molecular flexibility index (Phi) is 5.20. The standard InChI is InChI=1S/C16H22N2O3/c1-3-4-8-15(19)17-12-9-16(20)18(11-12)13-6-5-7-14(10-13)21-2/h5-7,10,12H,3-4,8-9,11H2,1-2H3,(H,17,19)/t12-/m0/s1. The van der Waals surface area contributed by atoms with Crippen LogP contribution in [0.1, 0.15) is 32.6 Å². The molecule has 1 heterocycles. The second kappa shape index (κ2) is 7.11. The molecule has 21 heavy (non-hydrogen) atoms. The molecule has 0 radical (unpaired) electrons. The van der Waals surface area contributed by atoms with E-state index >= 15 is 0 Å². The molecule has 0 spiro atoms. The van der Waals surface area contributed by atoms with Crippen molar-refractivity contribution in [3.8, 4) is 5.75 Å². The molecule has 0 aromatic heterocycles. The zero-order chi connectivity index (χ0) is 15.2. The minimum absolute atomic E-state index is 0.0298. The van der Waals surface area contributed by atoms with Crippen molar-refractivity contribution in [1.82, 2.24) is 5.32 Å². The average molecular weight is 290 g/mol. The van der Waals surface area contributed by atoms with Gasteiger partial charge in [0.25, 0.3) is 0 Å². The number of anilines is 1. The van der Waals surface area contributed by atoms with Crippen molar-refractivity contribution in [3.63, 3.8) is 0 Å². The third-order valence-corrected chi connectivity index (χ3v) is 3.61. The number of nitrogens with zero attached hydrogens (tertiary/aromatic N) is 1. The second-order valence-corrected chi connectivity index (χ2v) is 5.28. The zero-order valence-corrected chi connectivity index (χ0v) is 12.6. The van der Waals surface area contributed by atoms with Crippen LogP contribution in [-0.2, 0) is 9.59 Å². The van der Waals surface area contributed by atoms with Crippen LogP contribution in [0.15, 0.2) is 24.3 Å². The van der Waals surface area contributed by atoms with Gasteiger partial charge in [-0.2, -0.15) is 0 Å². The Hall–Kier alpha value is -2.04. The molecule has 0 saturated carbocycles. The molecule has 1 aliphatic heterocycles. The largest absolute Gasteiger partial charge is 0.497 e. The van der Waals surface area contributed by atoms with E-state index in [4.69, 9.17) is 4.74 Å². The summed E-state index contributed by atoms with van der Waals surface area (Å²) in [6.45, 7) is 2.57. The maximum Gasteiger partial charge on any atom is 0.229 e. The molecule has 5 heteroatoms. The van der Waals surface area contributed by atoms with Gasteiger partial charge in [-0.05, 0) is 18.6 Å². The Morgan fingerprint density at radius 2 is 2.29 bits per heavy atom. The number of nitrogens with one attached hydrogen (secondary N) is 1. The molecule has 0 aliphatic carbocycles. The molecule has 5 nitrogen and oxygen atoms in total. The number of hydrogen-bond donors (Lipinski definition) is 1. The highest BCUT2D eigenvalue weighted by Crippen LogP contribution is 2.25. The van der Waals surface area contributed by atoms with Crippen molar-refractivity contribution in [2.45, 2.75) is 38.6 Å². The predicted octanol–water partition coefficient (Wildman–Crippen LogP) is 2.11. The molecular formula is C16H22N2O3. The molecule has 114 valence electrons. The fourth-order valence-corrected chi connectivity index (χ4v) is 2.47. The van der Waals surface area contributed by atoms with Gasteiger partial charge in [0.2, 0.25) is 11.8 Å². The quantitative estimate of drug-likeness (QED) is 0.873. The third kappa shape index (κ3) is 3.97. The van der Waals surface area contributed by atoms with Crippen LogP contribution in [0.2, 0.25) is 0 Å². The van der Waals surface area contributed by atoms with E-state index in [9.17, 15) is 9.59 Å². The van der Waals surface area contributed by atoms with Crippen molar-refractivity contribution in [3.05, 3.63) is 24.3 Å². The fraction of sp³-hybridized carbons (Fsp3) is 0.500. The van der Waals surface area contributed by atoms with Crippen molar-refractivity contribution in [2.75, 3.05) is 18.6 Å². The summed E-state index contributed by atoms with van der Waals surface area (Å²) in [6, 6.07) is 7.30. The lowest BCUT2D eigenvalue weighted by Crippen LogP contribution is -2.37. The summed E-state index contributed by atoms with van der Waals surface area (Å²) < 4.78 is 5.18. The fourth-order valence-electron chi connectivity index (χ4n) is 2.47. The Morgan fingerprint density at radius 1 is 1.48 bits per heavy atom. The number of ether oxygens (including phenoxy) is 1. The van der Waals surface area contributed by atoms with E-state index in [1.54, 1.807) is 12.0 Å². The number of hydrogen-bond acceptors (Lipinski definition) is 3. The van der Waals surface area contributed by atoms with E-state index in [0.717, 1.165) is 24.3 Å². The van der Waals surface area contributed by atoms with Crippen LogP contribution in [-0.4, -0.2) is 31.5 Å². The van der Waals surface area contributed by atoms with Crippen LogP contribution in [0, 0.1) is 0 Å². The van der Waals surface area contributed by atoms with Crippen LogP contribution in [0.4, 0.5) is 5.69 Å². The number of carbonyl (C=O) groups is 2. The molecule has 1 atom stereocenters. The highest BCUT2D eigenvalue weighted by Gasteiger charge is 2.31. The normalized spacial score (nSPS) is 17.9. The number of unbranched alkanes of at least 4 members (excludes halogenated alkanes) is 1. The molecule has 2 amide bonds. The van der Waals surface area contributed by atoms with E-state index in [0.29, 0.717) is 19.4 Å². The van der Waals surface area contributed by atoms with Crippen molar-refractivity contribution in [1.29, 1.82) is 0 Å². The first-order valence-electron chi connectivity index (χ1n) is 7.37. The van der Waals surface area contributed by atoms with Gasteiger partial charge >= 0.3 is 0 Å². The topological polar surface area (TPSA) is 58.6 Å². The van der Waals surface area contributed by atoms with Crippen LogP contribution in [0.5, 0.6) is 5.75 Å². The van der Waals surface area contributed by atoms with Crippen LogP contribution >= 0.6 is 0 Å². The third-order valence-electron chi connectivity index (χ3n) is 3.61. The van der Waals surface area contributed by atoms with Gasteiger partial charge in [-0.1, -0.05) is 19.4 Å². The first-order valence-corrected chi connectivity index (χ1v) is 7.37. The number of amides is 2. The van der Waals surface area contributed by atoms with Gasteiger partial charge in [0, 0.05) is 31.1 Å². The summed E-state index contributed by atoms with van der Waals surface area (Å²) in [5.41, 5.74) is 0.810. The lowest BCUT2D eigenvalue weighted by atomic mass is 10.2. The first kappa shape index (κ1) is 15.4. The summed E-state index contributed by atoms with van der Waals surface area (Å²) in [6.07, 6.45) is 2.76. The van der Waals surface area contributed by atoms with Gasteiger partial charge in [-0.3, -0.25) is 9.59 Å². The molecule has 1 saturated heterocycles. The molecule has 1 aromatic carbocycles. The Morgan fingerprint density at radius 3 is 3.00 bits per heavy atom. The maximum atomic E-state index is 12.1. The molecule has 1 N–H and O–H groups in total. The summed E-state index contributed by atoms with van der Waals surface area (Å²) >= 11 is 0. The monoisotopic (exact) mass is 290 g/mol. The van der Waals surface area contributed by atoms with Gasteiger partial charge in [-0.25, -0.2) is 0 Å². The van der Waals surface area contributed by atoms with E-state index in [2.05, 4.69) is 12.2 Å².